The fraction of sp³-hybridized carbons (Fsp3) is 0.455. The molecule has 0 saturated heterocycles. The Morgan fingerprint density at radius 1 is 1.25 bits per heavy atom. The molecule has 0 aliphatic rings. The Balaban J connectivity index is 2.89. The van der Waals surface area contributed by atoms with Crippen molar-refractivity contribution in [3.8, 4) is 0 Å². The summed E-state index contributed by atoms with van der Waals surface area (Å²) in [6.07, 6.45) is 0. The van der Waals surface area contributed by atoms with Gasteiger partial charge in [-0.1, -0.05) is 30.3 Å². The van der Waals surface area contributed by atoms with E-state index in [1.807, 2.05) is 51.1 Å². The van der Waals surface area contributed by atoms with Gasteiger partial charge in [0, 0.05) is 4.97 Å². The average Bonchev–Trinajstić information content (AvgIpc) is 2.25. The van der Waals surface area contributed by atoms with Gasteiger partial charge in [-0.15, -0.1) is 5.01 Å². The minimum absolute atomic E-state index is 0.104. The molecule has 5 nitrogen and oxygen atoms in total. The lowest BCUT2D eigenvalue weighted by atomic mass is 10.1. The molecule has 0 bridgehead atoms. The molecule has 1 aromatic carbocycles. The van der Waals surface area contributed by atoms with Crippen molar-refractivity contribution in [2.24, 2.45) is 5.28 Å². The van der Waals surface area contributed by atoms with Crippen LogP contribution in [0.4, 0.5) is 0 Å². The third-order valence-electron chi connectivity index (χ3n) is 2.23. The molecule has 0 atom stereocenters. The van der Waals surface area contributed by atoms with E-state index in [1.165, 1.54) is 5.01 Å². The molecule has 1 rings (SSSR count). The zero-order valence-corrected chi connectivity index (χ0v) is 9.75. The van der Waals surface area contributed by atoms with E-state index in [9.17, 15) is 10.4 Å². The molecule has 0 saturated carbocycles. The highest BCUT2D eigenvalue weighted by Crippen LogP contribution is 2.17. The number of hydrogen-bond acceptors (Lipinski definition) is 3. The van der Waals surface area contributed by atoms with E-state index in [2.05, 4.69) is 5.28 Å². The maximum absolute atomic E-state index is 11.3. The van der Waals surface area contributed by atoms with Crippen LogP contribution in [0.5, 0.6) is 0 Å². The largest absolute Gasteiger partial charge is 0.737 e. The summed E-state index contributed by atoms with van der Waals surface area (Å²) in [5, 5.41) is 25.4. The number of hydrazine groups is 1. The lowest BCUT2D eigenvalue weighted by Gasteiger charge is -2.31. The van der Waals surface area contributed by atoms with Gasteiger partial charge in [-0.05, 0) is 31.6 Å². The van der Waals surface area contributed by atoms with Gasteiger partial charge in [0.1, 0.15) is 6.54 Å². The van der Waals surface area contributed by atoms with Crippen LogP contribution < -0.4 is 0 Å². The first-order valence-electron chi connectivity index (χ1n) is 5.07. The molecule has 0 amide bonds. The van der Waals surface area contributed by atoms with E-state index in [0.717, 1.165) is 5.56 Å². The molecular weight excluding hydrogens is 206 g/mol. The lowest BCUT2D eigenvalue weighted by Crippen LogP contribution is -2.44. The van der Waals surface area contributed by atoms with Crippen molar-refractivity contribution in [1.29, 1.82) is 0 Å². The summed E-state index contributed by atoms with van der Waals surface area (Å²) in [5.74, 6) is 0. The lowest BCUT2D eigenvalue weighted by molar-refractivity contribution is -0.709. The summed E-state index contributed by atoms with van der Waals surface area (Å²) >= 11 is 0. The van der Waals surface area contributed by atoms with Crippen molar-refractivity contribution in [2.75, 3.05) is 0 Å². The van der Waals surface area contributed by atoms with Crippen LogP contribution in [0.15, 0.2) is 35.6 Å². The van der Waals surface area contributed by atoms with E-state index >= 15 is 0 Å². The molecule has 0 radical (unpaired) electrons. The van der Waals surface area contributed by atoms with Gasteiger partial charge >= 0.3 is 0 Å². The molecule has 0 N–H and O–H groups in total. The summed E-state index contributed by atoms with van der Waals surface area (Å²) < 4.78 is 0. The number of hydrogen-bond donors (Lipinski definition) is 0. The van der Waals surface area contributed by atoms with Crippen LogP contribution in [0.3, 0.4) is 0 Å². The molecule has 1 aromatic rings. The first-order chi connectivity index (χ1) is 7.45. The summed E-state index contributed by atoms with van der Waals surface area (Å²) in [6, 6.07) is 9.48. The Morgan fingerprint density at radius 3 is 2.25 bits per heavy atom. The van der Waals surface area contributed by atoms with Crippen molar-refractivity contribution in [3.63, 3.8) is 0 Å². The number of benzene rings is 1. The summed E-state index contributed by atoms with van der Waals surface area (Å²) in [6.45, 7) is 5.92. The standard InChI is InChI=1S/C11H17N3O2/c1-11(2,3)13(14(16)12-15)9-10-7-5-4-6-8-10/h4-8,15H,9H2,1-3H3/p-1/b14-12-. The van der Waals surface area contributed by atoms with Gasteiger partial charge in [0.15, 0.2) is 0 Å². The Morgan fingerprint density at radius 2 is 1.81 bits per heavy atom. The third kappa shape index (κ3) is 3.12. The molecule has 5 heteroatoms. The van der Waals surface area contributed by atoms with Crippen molar-refractivity contribution in [1.82, 2.24) is 5.01 Å². The van der Waals surface area contributed by atoms with Crippen LogP contribution in [-0.4, -0.2) is 15.5 Å². The Kier molecular flexibility index (Phi) is 3.71. The molecule has 0 heterocycles. The molecule has 16 heavy (non-hydrogen) atoms. The minimum atomic E-state index is -0.453. The Bertz CT molecular complexity index is 357. The van der Waals surface area contributed by atoms with Gasteiger partial charge in [-0.25, -0.2) is 0 Å². The van der Waals surface area contributed by atoms with Crippen LogP contribution >= 0.6 is 0 Å². The van der Waals surface area contributed by atoms with E-state index in [1.54, 1.807) is 0 Å². The zero-order chi connectivity index (χ0) is 12.2. The van der Waals surface area contributed by atoms with Crippen LogP contribution in [-0.2, 0) is 6.54 Å². The highest BCUT2D eigenvalue weighted by molar-refractivity contribution is 5.14. The summed E-state index contributed by atoms with van der Waals surface area (Å²) in [7, 11) is 0. The van der Waals surface area contributed by atoms with E-state index in [-0.39, 0.29) is 4.97 Å². The van der Waals surface area contributed by atoms with E-state index < -0.39 is 5.54 Å². The predicted molar refractivity (Wildman–Crippen MR) is 61.2 cm³/mol. The Labute approximate surface area is 95.1 Å². The Hall–Kier alpha value is -1.78. The van der Waals surface area contributed by atoms with Gasteiger partial charge in [0.2, 0.25) is 0 Å². The van der Waals surface area contributed by atoms with Crippen molar-refractivity contribution in [2.45, 2.75) is 32.9 Å². The second-order valence-electron chi connectivity index (χ2n) is 4.55. The second-order valence-corrected chi connectivity index (χ2v) is 4.55. The van der Waals surface area contributed by atoms with Gasteiger partial charge in [-0.2, -0.15) is 0 Å². The highest BCUT2D eigenvalue weighted by Gasteiger charge is 2.27. The minimum Gasteiger partial charge on any atom is -0.737 e. The third-order valence-corrected chi connectivity index (χ3v) is 2.23. The second kappa shape index (κ2) is 4.83. The molecule has 0 fully saturated rings. The number of nitrogens with zero attached hydrogens (tertiary/aromatic N) is 3. The first-order valence-corrected chi connectivity index (χ1v) is 5.07. The molecule has 0 unspecified atom stereocenters. The molecular formula is C11H16N3O2-. The van der Waals surface area contributed by atoms with Crippen LogP contribution in [0.25, 0.3) is 0 Å². The quantitative estimate of drug-likeness (QED) is 0.448. The van der Waals surface area contributed by atoms with Gasteiger partial charge in [-0.3, -0.25) is 0 Å². The van der Waals surface area contributed by atoms with Crippen LogP contribution in [0.1, 0.15) is 26.3 Å². The molecule has 0 aliphatic carbocycles. The SMILES string of the molecule is CC(C)(C)N(Cc1ccccc1)/[N+]([O-])=N/[O-]. The normalized spacial score (nSPS) is 12.6. The van der Waals surface area contributed by atoms with Gasteiger partial charge in [0.05, 0.1) is 5.54 Å². The van der Waals surface area contributed by atoms with Crippen LogP contribution in [0.2, 0.25) is 0 Å². The zero-order valence-electron chi connectivity index (χ0n) is 9.75. The fourth-order valence-electron chi connectivity index (χ4n) is 1.35. The van der Waals surface area contributed by atoms with Crippen molar-refractivity contribution in [3.05, 3.63) is 46.3 Å². The molecule has 88 valence electrons. The molecule has 0 aromatic heterocycles. The average molecular weight is 222 g/mol. The van der Waals surface area contributed by atoms with E-state index in [4.69, 9.17) is 0 Å². The maximum atomic E-state index is 11.3. The van der Waals surface area contributed by atoms with Crippen molar-refractivity contribution < 1.29 is 4.97 Å². The van der Waals surface area contributed by atoms with Gasteiger partial charge in [0.25, 0.3) is 0 Å². The topological polar surface area (TPSA) is 64.7 Å². The smallest absolute Gasteiger partial charge is 0.102 e. The summed E-state index contributed by atoms with van der Waals surface area (Å²) in [4.78, 5) is 0.104. The summed E-state index contributed by atoms with van der Waals surface area (Å²) in [5.41, 5.74) is 0.507. The van der Waals surface area contributed by atoms with E-state index in [0.29, 0.717) is 6.54 Å². The first kappa shape index (κ1) is 12.3. The predicted octanol–water partition coefficient (Wildman–Crippen LogP) is 2.66. The van der Waals surface area contributed by atoms with Crippen molar-refractivity contribution >= 4 is 0 Å². The van der Waals surface area contributed by atoms with Gasteiger partial charge < -0.3 is 10.4 Å². The highest BCUT2D eigenvalue weighted by atomic mass is 16.6. The molecule has 0 spiro atoms. The van der Waals surface area contributed by atoms with Crippen LogP contribution in [0, 0.1) is 10.4 Å². The maximum Gasteiger partial charge on any atom is 0.102 e. The molecule has 0 aliphatic heterocycles. The number of rotatable bonds is 3. The fourth-order valence-corrected chi connectivity index (χ4v) is 1.35. The monoisotopic (exact) mass is 222 g/mol.